The monoisotopic (exact) mass is 292 g/mol. The number of hydrogen-bond acceptors (Lipinski definition) is 6. The van der Waals surface area contributed by atoms with Gasteiger partial charge < -0.3 is 14.4 Å². The van der Waals surface area contributed by atoms with Gasteiger partial charge in [-0.25, -0.2) is 14.6 Å². The highest BCUT2D eigenvalue weighted by atomic mass is 16.5. The smallest absolute Gasteiger partial charge is 0.357 e. The van der Waals surface area contributed by atoms with Crippen molar-refractivity contribution in [1.82, 2.24) is 4.98 Å². The molecular formula is C15H20N2O4. The number of nitrogens with zero attached hydrogens (tertiary/aromatic N) is 2. The zero-order valence-electron chi connectivity index (χ0n) is 12.4. The van der Waals surface area contributed by atoms with E-state index < -0.39 is 11.9 Å². The highest BCUT2D eigenvalue weighted by molar-refractivity contribution is 6.02. The molecule has 21 heavy (non-hydrogen) atoms. The van der Waals surface area contributed by atoms with Crippen LogP contribution in [0.15, 0.2) is 12.3 Å². The predicted octanol–water partition coefficient (Wildman–Crippen LogP) is 2.04. The molecule has 2 rings (SSSR count). The normalized spacial score (nSPS) is 14.1. The van der Waals surface area contributed by atoms with Gasteiger partial charge in [-0.1, -0.05) is 0 Å². The number of anilines is 1. The van der Waals surface area contributed by atoms with Crippen molar-refractivity contribution in [2.75, 3.05) is 31.2 Å². The molecule has 1 aliphatic heterocycles. The molecule has 6 heteroatoms. The third kappa shape index (κ3) is 3.51. The van der Waals surface area contributed by atoms with Crippen LogP contribution >= 0.6 is 0 Å². The van der Waals surface area contributed by atoms with Gasteiger partial charge in [0, 0.05) is 13.1 Å². The van der Waals surface area contributed by atoms with Crippen LogP contribution < -0.4 is 4.90 Å². The van der Waals surface area contributed by atoms with E-state index in [9.17, 15) is 9.59 Å². The van der Waals surface area contributed by atoms with Gasteiger partial charge >= 0.3 is 11.9 Å². The summed E-state index contributed by atoms with van der Waals surface area (Å²) in [5.74, 6) is -1.15. The first-order chi connectivity index (χ1) is 10.2. The predicted molar refractivity (Wildman–Crippen MR) is 77.6 cm³/mol. The minimum absolute atomic E-state index is 0.0123. The van der Waals surface area contributed by atoms with Crippen LogP contribution in [-0.2, 0) is 9.47 Å². The molecule has 1 fully saturated rings. The summed E-state index contributed by atoms with van der Waals surface area (Å²) in [6.45, 7) is 5.78. The Morgan fingerprint density at radius 1 is 1.14 bits per heavy atom. The van der Waals surface area contributed by atoms with Crippen molar-refractivity contribution in [3.63, 3.8) is 0 Å². The summed E-state index contributed by atoms with van der Waals surface area (Å²) < 4.78 is 9.95. The Labute approximate surface area is 124 Å². The van der Waals surface area contributed by atoms with Crippen LogP contribution in [0.3, 0.4) is 0 Å². The first kappa shape index (κ1) is 15.3. The van der Waals surface area contributed by atoms with E-state index in [4.69, 9.17) is 9.47 Å². The largest absolute Gasteiger partial charge is 0.462 e. The second-order valence-corrected chi connectivity index (χ2v) is 4.72. The maximum atomic E-state index is 12.1. The number of esters is 2. The molecule has 0 unspecified atom stereocenters. The molecule has 6 nitrogen and oxygen atoms in total. The van der Waals surface area contributed by atoms with Crippen molar-refractivity contribution < 1.29 is 19.1 Å². The van der Waals surface area contributed by atoms with Gasteiger partial charge in [0.05, 0.1) is 30.7 Å². The van der Waals surface area contributed by atoms with Crippen LogP contribution in [0, 0.1) is 0 Å². The highest BCUT2D eigenvalue weighted by Crippen LogP contribution is 2.22. The summed E-state index contributed by atoms with van der Waals surface area (Å²) in [5, 5.41) is 0. The Morgan fingerprint density at radius 2 is 1.76 bits per heavy atom. The molecule has 0 atom stereocenters. The van der Waals surface area contributed by atoms with Crippen molar-refractivity contribution in [3.8, 4) is 0 Å². The number of ether oxygens (including phenoxy) is 2. The Kier molecular flexibility index (Phi) is 5.14. The van der Waals surface area contributed by atoms with Crippen molar-refractivity contribution in [1.29, 1.82) is 0 Å². The summed E-state index contributed by atoms with van der Waals surface area (Å²) in [5.41, 5.74) is 1.02. The lowest BCUT2D eigenvalue weighted by Crippen LogP contribution is -2.21. The third-order valence-corrected chi connectivity index (χ3v) is 3.31. The average molecular weight is 292 g/mol. The second kappa shape index (κ2) is 7.06. The summed E-state index contributed by atoms with van der Waals surface area (Å²) in [6.07, 6.45) is 3.85. The van der Waals surface area contributed by atoms with E-state index in [1.54, 1.807) is 26.1 Å². The molecule has 1 aromatic heterocycles. The van der Waals surface area contributed by atoms with Crippen molar-refractivity contribution in [2.24, 2.45) is 0 Å². The first-order valence-corrected chi connectivity index (χ1v) is 7.26. The molecular weight excluding hydrogens is 272 g/mol. The van der Waals surface area contributed by atoms with Crippen LogP contribution in [0.1, 0.15) is 47.5 Å². The molecule has 0 spiro atoms. The Balaban J connectivity index is 2.35. The third-order valence-electron chi connectivity index (χ3n) is 3.31. The summed E-state index contributed by atoms with van der Waals surface area (Å²) in [4.78, 5) is 30.2. The fraction of sp³-hybridized carbons (Fsp3) is 0.533. The van der Waals surface area contributed by atoms with Crippen LogP contribution in [0.25, 0.3) is 0 Å². The molecule has 0 aliphatic carbocycles. The van der Waals surface area contributed by atoms with Gasteiger partial charge in [-0.05, 0) is 32.8 Å². The molecule has 1 aromatic rings. The van der Waals surface area contributed by atoms with Gasteiger partial charge in [0.2, 0.25) is 0 Å². The molecule has 0 radical (unpaired) electrons. The lowest BCUT2D eigenvalue weighted by Gasteiger charge is -2.18. The van der Waals surface area contributed by atoms with E-state index in [1.165, 1.54) is 0 Å². The fourth-order valence-corrected chi connectivity index (χ4v) is 2.33. The number of rotatable bonds is 5. The van der Waals surface area contributed by atoms with Gasteiger partial charge in [0.1, 0.15) is 0 Å². The minimum Gasteiger partial charge on any atom is -0.462 e. The maximum absolute atomic E-state index is 12.1. The van der Waals surface area contributed by atoms with E-state index in [0.717, 1.165) is 31.6 Å². The topological polar surface area (TPSA) is 68.7 Å². The molecule has 114 valence electrons. The van der Waals surface area contributed by atoms with Crippen molar-refractivity contribution in [3.05, 3.63) is 23.5 Å². The zero-order chi connectivity index (χ0) is 15.2. The number of carbonyl (C=O) groups is 2. The van der Waals surface area contributed by atoms with E-state index in [1.807, 2.05) is 0 Å². The lowest BCUT2D eigenvalue weighted by molar-refractivity contribution is 0.0473. The molecule has 1 saturated heterocycles. The van der Waals surface area contributed by atoms with Gasteiger partial charge in [-0.15, -0.1) is 0 Å². The van der Waals surface area contributed by atoms with Gasteiger partial charge in [0.15, 0.2) is 5.69 Å². The van der Waals surface area contributed by atoms with E-state index in [-0.39, 0.29) is 24.5 Å². The van der Waals surface area contributed by atoms with Crippen molar-refractivity contribution in [2.45, 2.75) is 26.7 Å². The zero-order valence-corrected chi connectivity index (χ0v) is 12.4. The lowest BCUT2D eigenvalue weighted by atomic mass is 10.1. The maximum Gasteiger partial charge on any atom is 0.357 e. The molecule has 0 N–H and O–H groups in total. The average Bonchev–Trinajstić information content (AvgIpc) is 3.01. The summed E-state index contributed by atoms with van der Waals surface area (Å²) in [7, 11) is 0. The van der Waals surface area contributed by atoms with E-state index in [2.05, 4.69) is 9.88 Å². The molecule has 2 heterocycles. The van der Waals surface area contributed by atoms with E-state index in [0.29, 0.717) is 0 Å². The van der Waals surface area contributed by atoms with E-state index >= 15 is 0 Å². The number of aromatic nitrogens is 1. The van der Waals surface area contributed by atoms with Crippen LogP contribution in [0.4, 0.5) is 5.69 Å². The number of pyridine rings is 1. The second-order valence-electron chi connectivity index (χ2n) is 4.72. The van der Waals surface area contributed by atoms with Gasteiger partial charge in [-0.2, -0.15) is 0 Å². The van der Waals surface area contributed by atoms with Crippen molar-refractivity contribution >= 4 is 17.6 Å². The van der Waals surface area contributed by atoms with Gasteiger partial charge in [0.25, 0.3) is 0 Å². The Morgan fingerprint density at radius 3 is 2.38 bits per heavy atom. The fourth-order valence-electron chi connectivity index (χ4n) is 2.33. The van der Waals surface area contributed by atoms with Gasteiger partial charge in [-0.3, -0.25) is 0 Å². The Hall–Kier alpha value is -2.11. The van der Waals surface area contributed by atoms with Crippen LogP contribution in [0.2, 0.25) is 0 Å². The quantitative estimate of drug-likeness (QED) is 0.774. The standard InChI is InChI=1S/C15H20N2O4/c1-3-20-14(18)12-9-11(17-7-5-6-8-17)10-16-13(12)15(19)21-4-2/h9-10H,3-8H2,1-2H3. The number of carbonyl (C=O) groups excluding carboxylic acids is 2. The molecule has 0 bridgehead atoms. The SMILES string of the molecule is CCOC(=O)c1cc(N2CCCC2)cnc1C(=O)OCC. The number of hydrogen-bond donors (Lipinski definition) is 0. The Bertz CT molecular complexity index is 524. The molecule has 0 saturated carbocycles. The molecule has 0 aromatic carbocycles. The van der Waals surface area contributed by atoms with Crippen LogP contribution in [0.5, 0.6) is 0 Å². The first-order valence-electron chi connectivity index (χ1n) is 7.26. The minimum atomic E-state index is -0.603. The van der Waals surface area contributed by atoms with Crippen LogP contribution in [-0.4, -0.2) is 43.2 Å². The highest BCUT2D eigenvalue weighted by Gasteiger charge is 2.23. The summed E-state index contributed by atoms with van der Waals surface area (Å²) >= 11 is 0. The summed E-state index contributed by atoms with van der Waals surface area (Å²) in [6, 6.07) is 1.67. The molecule has 1 aliphatic rings. The molecule has 0 amide bonds.